The molecule has 0 bridgehead atoms. The Hall–Kier alpha value is -2.56. The van der Waals surface area contributed by atoms with Crippen molar-refractivity contribution in [3.8, 4) is 11.6 Å². The molecule has 2 aromatic rings. The van der Waals surface area contributed by atoms with Gasteiger partial charge in [0.05, 0.1) is 6.61 Å². The molecule has 0 aliphatic carbocycles. The van der Waals surface area contributed by atoms with Gasteiger partial charge in [0.15, 0.2) is 6.10 Å². The summed E-state index contributed by atoms with van der Waals surface area (Å²) in [4.78, 5) is 16.7. The van der Waals surface area contributed by atoms with Crippen LogP contribution in [-0.2, 0) is 11.3 Å². The van der Waals surface area contributed by atoms with Gasteiger partial charge >= 0.3 is 0 Å². The Bertz CT molecular complexity index is 744. The number of nitrogens with one attached hydrogen (secondary N) is 1. The molecule has 0 aliphatic rings. The van der Waals surface area contributed by atoms with Crippen LogP contribution in [0.3, 0.4) is 0 Å². The SMILES string of the molecule is CCOc1ncccc1CNC(=O)C(C)Oc1cc(C)ccc1C(C)C. The monoisotopic (exact) mass is 356 g/mol. The highest BCUT2D eigenvalue weighted by molar-refractivity contribution is 5.80. The lowest BCUT2D eigenvalue weighted by atomic mass is 10.0. The average Bonchev–Trinajstić information content (AvgIpc) is 2.60. The minimum atomic E-state index is -0.596. The van der Waals surface area contributed by atoms with E-state index in [2.05, 4.69) is 36.3 Å². The molecule has 0 saturated heterocycles. The highest BCUT2D eigenvalue weighted by atomic mass is 16.5. The van der Waals surface area contributed by atoms with Crippen LogP contribution in [0.1, 0.15) is 50.3 Å². The molecular weight excluding hydrogens is 328 g/mol. The molecule has 1 heterocycles. The summed E-state index contributed by atoms with van der Waals surface area (Å²) in [6, 6.07) is 9.81. The van der Waals surface area contributed by atoms with Crippen molar-refractivity contribution in [2.45, 2.75) is 53.2 Å². The molecular formula is C21H28N2O3. The standard InChI is InChI=1S/C21H28N2O3/c1-6-25-21-17(8-7-11-22-21)13-23-20(24)16(5)26-19-12-15(4)9-10-18(19)14(2)3/h7-12,14,16H,6,13H2,1-5H3,(H,23,24). The third-order valence-electron chi connectivity index (χ3n) is 4.05. The second-order valence-electron chi connectivity index (χ2n) is 6.57. The molecule has 0 aliphatic heterocycles. The van der Waals surface area contributed by atoms with E-state index in [4.69, 9.17) is 9.47 Å². The number of benzene rings is 1. The third-order valence-corrected chi connectivity index (χ3v) is 4.05. The maximum atomic E-state index is 12.5. The molecule has 1 aromatic carbocycles. The first-order valence-corrected chi connectivity index (χ1v) is 9.04. The molecule has 1 atom stereocenters. The van der Waals surface area contributed by atoms with Gasteiger partial charge in [-0.2, -0.15) is 0 Å². The quantitative estimate of drug-likeness (QED) is 0.777. The number of hydrogen-bond donors (Lipinski definition) is 1. The van der Waals surface area contributed by atoms with Gasteiger partial charge in [-0.05, 0) is 49.9 Å². The van der Waals surface area contributed by atoms with Crippen molar-refractivity contribution in [2.24, 2.45) is 0 Å². The zero-order chi connectivity index (χ0) is 19.1. The van der Waals surface area contributed by atoms with Crippen molar-refractivity contribution < 1.29 is 14.3 Å². The first kappa shape index (κ1) is 19.8. The Balaban J connectivity index is 2.02. The number of nitrogens with zero attached hydrogens (tertiary/aromatic N) is 1. The molecule has 0 spiro atoms. The van der Waals surface area contributed by atoms with Crippen LogP contribution < -0.4 is 14.8 Å². The molecule has 1 unspecified atom stereocenters. The van der Waals surface area contributed by atoms with E-state index in [9.17, 15) is 4.79 Å². The summed E-state index contributed by atoms with van der Waals surface area (Å²) in [5, 5.41) is 2.90. The van der Waals surface area contributed by atoms with Gasteiger partial charge in [-0.3, -0.25) is 4.79 Å². The molecule has 0 radical (unpaired) electrons. The molecule has 0 fully saturated rings. The van der Waals surface area contributed by atoms with Crippen molar-refractivity contribution in [3.63, 3.8) is 0 Å². The zero-order valence-corrected chi connectivity index (χ0v) is 16.2. The first-order valence-electron chi connectivity index (χ1n) is 9.04. The van der Waals surface area contributed by atoms with E-state index < -0.39 is 6.10 Å². The van der Waals surface area contributed by atoms with Gasteiger partial charge in [0.2, 0.25) is 5.88 Å². The van der Waals surface area contributed by atoms with Gasteiger partial charge < -0.3 is 14.8 Å². The second-order valence-corrected chi connectivity index (χ2v) is 6.57. The lowest BCUT2D eigenvalue weighted by Crippen LogP contribution is -2.36. The fraction of sp³-hybridized carbons (Fsp3) is 0.429. The van der Waals surface area contributed by atoms with E-state index >= 15 is 0 Å². The van der Waals surface area contributed by atoms with Crippen molar-refractivity contribution >= 4 is 5.91 Å². The van der Waals surface area contributed by atoms with Crippen LogP contribution in [0.2, 0.25) is 0 Å². The minimum absolute atomic E-state index is 0.174. The van der Waals surface area contributed by atoms with Crippen molar-refractivity contribution in [1.29, 1.82) is 0 Å². The van der Waals surface area contributed by atoms with Gasteiger partial charge in [-0.1, -0.05) is 32.0 Å². The maximum Gasteiger partial charge on any atom is 0.261 e. The van der Waals surface area contributed by atoms with Gasteiger partial charge in [-0.25, -0.2) is 4.98 Å². The maximum absolute atomic E-state index is 12.5. The highest BCUT2D eigenvalue weighted by Crippen LogP contribution is 2.28. The molecule has 140 valence electrons. The number of carbonyl (C=O) groups excluding carboxylic acids is 1. The Kier molecular flexibility index (Phi) is 7.01. The number of rotatable bonds is 8. The predicted octanol–water partition coefficient (Wildman–Crippen LogP) is 4.00. The summed E-state index contributed by atoms with van der Waals surface area (Å²) < 4.78 is 11.4. The molecule has 26 heavy (non-hydrogen) atoms. The van der Waals surface area contributed by atoms with Crippen LogP contribution >= 0.6 is 0 Å². The number of amides is 1. The second kappa shape index (κ2) is 9.22. The summed E-state index contributed by atoms with van der Waals surface area (Å²) in [5.74, 6) is 1.46. The number of ether oxygens (including phenoxy) is 2. The molecule has 0 saturated carbocycles. The van der Waals surface area contributed by atoms with Crippen LogP contribution in [-0.4, -0.2) is 23.6 Å². The largest absolute Gasteiger partial charge is 0.481 e. The number of aryl methyl sites for hydroxylation is 1. The summed E-state index contributed by atoms with van der Waals surface area (Å²) in [6.45, 7) is 10.8. The summed E-state index contributed by atoms with van der Waals surface area (Å²) in [5.41, 5.74) is 3.04. The van der Waals surface area contributed by atoms with E-state index in [1.807, 2.05) is 32.0 Å². The normalized spacial score (nSPS) is 11.9. The number of hydrogen-bond acceptors (Lipinski definition) is 4. The van der Waals surface area contributed by atoms with E-state index in [0.717, 1.165) is 22.4 Å². The van der Waals surface area contributed by atoms with Crippen LogP contribution in [0.25, 0.3) is 0 Å². The molecule has 1 amide bonds. The molecule has 5 heteroatoms. The summed E-state index contributed by atoms with van der Waals surface area (Å²) in [6.07, 6.45) is 1.08. The lowest BCUT2D eigenvalue weighted by Gasteiger charge is -2.19. The predicted molar refractivity (Wildman–Crippen MR) is 103 cm³/mol. The summed E-state index contributed by atoms with van der Waals surface area (Å²) in [7, 11) is 0. The molecule has 1 aromatic heterocycles. The van der Waals surface area contributed by atoms with Crippen LogP contribution in [0.15, 0.2) is 36.5 Å². The highest BCUT2D eigenvalue weighted by Gasteiger charge is 2.18. The molecule has 2 rings (SSSR count). The fourth-order valence-electron chi connectivity index (χ4n) is 2.62. The van der Waals surface area contributed by atoms with Crippen LogP contribution in [0.5, 0.6) is 11.6 Å². The lowest BCUT2D eigenvalue weighted by molar-refractivity contribution is -0.127. The minimum Gasteiger partial charge on any atom is -0.481 e. The third kappa shape index (κ3) is 5.22. The van der Waals surface area contributed by atoms with Crippen molar-refractivity contribution in [1.82, 2.24) is 10.3 Å². The van der Waals surface area contributed by atoms with Crippen molar-refractivity contribution in [2.75, 3.05) is 6.61 Å². The Labute approximate surface area is 155 Å². The van der Waals surface area contributed by atoms with Gasteiger partial charge in [0, 0.05) is 18.3 Å². The topological polar surface area (TPSA) is 60.5 Å². The number of carbonyl (C=O) groups is 1. The van der Waals surface area contributed by atoms with Crippen molar-refractivity contribution in [3.05, 3.63) is 53.2 Å². The smallest absolute Gasteiger partial charge is 0.261 e. The fourth-order valence-corrected chi connectivity index (χ4v) is 2.62. The first-order chi connectivity index (χ1) is 12.4. The van der Waals surface area contributed by atoms with Gasteiger partial charge in [0.25, 0.3) is 5.91 Å². The van der Waals surface area contributed by atoms with E-state index in [-0.39, 0.29) is 5.91 Å². The Morgan fingerprint density at radius 1 is 1.23 bits per heavy atom. The van der Waals surface area contributed by atoms with Gasteiger partial charge in [-0.15, -0.1) is 0 Å². The summed E-state index contributed by atoms with van der Waals surface area (Å²) >= 11 is 0. The van der Waals surface area contributed by atoms with Crippen LogP contribution in [0.4, 0.5) is 0 Å². The molecule has 5 nitrogen and oxygen atoms in total. The van der Waals surface area contributed by atoms with E-state index in [1.54, 1.807) is 13.1 Å². The van der Waals surface area contributed by atoms with Gasteiger partial charge in [0.1, 0.15) is 5.75 Å². The van der Waals surface area contributed by atoms with E-state index in [0.29, 0.717) is 24.9 Å². The molecule has 1 N–H and O–H groups in total. The van der Waals surface area contributed by atoms with Crippen LogP contribution in [0, 0.1) is 6.92 Å². The Morgan fingerprint density at radius 3 is 2.69 bits per heavy atom. The number of aromatic nitrogens is 1. The number of pyridine rings is 1. The Morgan fingerprint density at radius 2 is 2.00 bits per heavy atom. The van der Waals surface area contributed by atoms with E-state index in [1.165, 1.54) is 0 Å². The average molecular weight is 356 g/mol. The zero-order valence-electron chi connectivity index (χ0n) is 16.2.